The quantitative estimate of drug-likeness (QED) is 0.102. The maximum absolute atomic E-state index is 6.67. The zero-order valence-electron chi connectivity index (χ0n) is 49.1. The van der Waals surface area contributed by atoms with Crippen LogP contribution in [0.15, 0.2) is 361 Å². The van der Waals surface area contributed by atoms with Crippen LogP contribution in [0.3, 0.4) is 0 Å². The lowest BCUT2D eigenvalue weighted by Crippen LogP contribution is -2.13. The van der Waals surface area contributed by atoms with E-state index < -0.39 is 0 Å². The SMILES string of the molecule is c1ccc(N(c2ccccc2)c2cc(-c3ccc4oc5ccc(-c6ccc7oc8ccc(-c9cc(N(c%10ccccc%10)c%10ccccc%10)cc(N(c%10ccccc%10)c%10ccccc%10)c9)cc8c7c6)cc5c4c3)cc(N(c3ccccc3)c3ccccc3)c2)cc1. The Balaban J connectivity index is 0.818. The molecule has 0 bridgehead atoms. The molecule has 0 amide bonds. The molecule has 0 spiro atoms. The van der Waals surface area contributed by atoms with E-state index in [4.69, 9.17) is 8.83 Å². The molecule has 16 aromatic rings. The van der Waals surface area contributed by atoms with Gasteiger partial charge in [0, 0.05) is 89.8 Å². The van der Waals surface area contributed by atoms with Crippen molar-refractivity contribution in [3.63, 3.8) is 0 Å². The summed E-state index contributed by atoms with van der Waals surface area (Å²) in [7, 11) is 0. The standard InChI is InChI=1S/C84H58N4O2/c1-9-25-65(26-10-1)85(66-27-11-2-12-28-66)73-49-63(50-74(57-73)86(67-29-13-3-14-30-67)68-31-15-4-16-32-68)61-43-47-83-79(55-61)77-53-59(41-45-81(77)89-83)60-42-46-82-78(54-60)80-56-62(44-48-84(80)90-82)64-51-75(87(69-33-17-5-18-34-69)70-35-19-6-20-36-70)58-76(52-64)88(71-37-21-7-22-38-71)72-39-23-8-24-40-72/h1-58H. The fourth-order valence-electron chi connectivity index (χ4n) is 12.7. The highest BCUT2D eigenvalue weighted by Crippen LogP contribution is 2.47. The van der Waals surface area contributed by atoms with E-state index in [9.17, 15) is 0 Å². The third kappa shape index (κ3) is 10.2. The Kier molecular flexibility index (Phi) is 13.8. The molecule has 0 aliphatic heterocycles. The van der Waals surface area contributed by atoms with Gasteiger partial charge in [0.25, 0.3) is 0 Å². The van der Waals surface area contributed by atoms with E-state index in [0.717, 1.165) is 146 Å². The largest absolute Gasteiger partial charge is 0.456 e. The van der Waals surface area contributed by atoms with E-state index in [0.29, 0.717) is 0 Å². The highest BCUT2D eigenvalue weighted by molar-refractivity contribution is 6.10. The molecular formula is C84H58N4O2. The number of nitrogens with zero attached hydrogens (tertiary/aromatic N) is 4. The third-order valence-corrected chi connectivity index (χ3v) is 16.9. The Morgan fingerprint density at radius 1 is 0.144 bits per heavy atom. The molecule has 0 saturated carbocycles. The van der Waals surface area contributed by atoms with E-state index in [1.807, 2.05) is 0 Å². The minimum absolute atomic E-state index is 0.829. The number of benzene rings is 14. The molecule has 16 rings (SSSR count). The topological polar surface area (TPSA) is 39.2 Å². The average molecular weight is 1160 g/mol. The number of anilines is 12. The smallest absolute Gasteiger partial charge is 0.135 e. The molecule has 0 unspecified atom stereocenters. The van der Waals surface area contributed by atoms with Gasteiger partial charge in [0.05, 0.1) is 0 Å². The van der Waals surface area contributed by atoms with Crippen LogP contribution in [0.4, 0.5) is 68.2 Å². The summed E-state index contributed by atoms with van der Waals surface area (Å²) >= 11 is 0. The molecule has 2 aromatic heterocycles. The lowest BCUT2D eigenvalue weighted by atomic mass is 9.97. The average Bonchev–Trinajstić information content (AvgIpc) is 1.59. The number of furan rings is 2. The minimum Gasteiger partial charge on any atom is -0.456 e. The van der Waals surface area contributed by atoms with Crippen LogP contribution in [0.5, 0.6) is 0 Å². The zero-order chi connectivity index (χ0) is 59.7. The highest BCUT2D eigenvalue weighted by atomic mass is 16.3. The Labute approximate surface area is 522 Å². The molecule has 426 valence electrons. The normalized spacial score (nSPS) is 11.3. The molecule has 14 aromatic carbocycles. The molecule has 0 saturated heterocycles. The second kappa shape index (κ2) is 23.3. The first kappa shape index (κ1) is 53.4. The van der Waals surface area contributed by atoms with Gasteiger partial charge in [0.2, 0.25) is 0 Å². The number of fused-ring (bicyclic) bond motifs is 6. The van der Waals surface area contributed by atoms with Gasteiger partial charge in [-0.1, -0.05) is 170 Å². The van der Waals surface area contributed by atoms with Gasteiger partial charge < -0.3 is 28.4 Å². The van der Waals surface area contributed by atoms with E-state index in [1.54, 1.807) is 0 Å². The van der Waals surface area contributed by atoms with Crippen molar-refractivity contribution in [1.82, 2.24) is 0 Å². The van der Waals surface area contributed by atoms with Gasteiger partial charge in [0.1, 0.15) is 22.3 Å². The van der Waals surface area contributed by atoms with Crippen molar-refractivity contribution in [2.75, 3.05) is 19.6 Å². The van der Waals surface area contributed by atoms with Crippen molar-refractivity contribution >= 4 is 112 Å². The highest BCUT2D eigenvalue weighted by Gasteiger charge is 2.23. The van der Waals surface area contributed by atoms with Crippen LogP contribution in [0, 0.1) is 0 Å². The predicted octanol–water partition coefficient (Wildman–Crippen LogP) is 24.4. The maximum atomic E-state index is 6.67. The summed E-state index contributed by atoms with van der Waals surface area (Å²) in [5.74, 6) is 0. The molecule has 2 heterocycles. The number of para-hydroxylation sites is 8. The van der Waals surface area contributed by atoms with Crippen LogP contribution >= 0.6 is 0 Å². The van der Waals surface area contributed by atoms with Gasteiger partial charge in [0.15, 0.2) is 0 Å². The van der Waals surface area contributed by atoms with Crippen molar-refractivity contribution in [3.8, 4) is 33.4 Å². The lowest BCUT2D eigenvalue weighted by Gasteiger charge is -2.30. The van der Waals surface area contributed by atoms with Crippen molar-refractivity contribution in [2.24, 2.45) is 0 Å². The Bertz CT molecular complexity index is 4490. The van der Waals surface area contributed by atoms with Crippen LogP contribution in [-0.4, -0.2) is 0 Å². The molecule has 0 radical (unpaired) electrons. The van der Waals surface area contributed by atoms with Gasteiger partial charge in [-0.05, 0) is 215 Å². The molecule has 90 heavy (non-hydrogen) atoms. The van der Waals surface area contributed by atoms with Gasteiger partial charge in [-0.15, -0.1) is 0 Å². The van der Waals surface area contributed by atoms with Crippen LogP contribution in [-0.2, 0) is 0 Å². The minimum atomic E-state index is 0.829. The molecule has 0 N–H and O–H groups in total. The van der Waals surface area contributed by atoms with Crippen LogP contribution in [0.2, 0.25) is 0 Å². The van der Waals surface area contributed by atoms with Gasteiger partial charge in [-0.3, -0.25) is 0 Å². The first-order valence-electron chi connectivity index (χ1n) is 30.5. The first-order valence-corrected chi connectivity index (χ1v) is 30.5. The van der Waals surface area contributed by atoms with E-state index >= 15 is 0 Å². The van der Waals surface area contributed by atoms with Crippen LogP contribution in [0.1, 0.15) is 0 Å². The van der Waals surface area contributed by atoms with Gasteiger partial charge >= 0.3 is 0 Å². The summed E-state index contributed by atoms with van der Waals surface area (Å²) in [5.41, 5.74) is 22.4. The molecule has 0 fully saturated rings. The summed E-state index contributed by atoms with van der Waals surface area (Å²) in [5, 5.41) is 4.17. The Morgan fingerprint density at radius 2 is 0.322 bits per heavy atom. The summed E-state index contributed by atoms with van der Waals surface area (Å²) in [4.78, 5) is 9.36. The summed E-state index contributed by atoms with van der Waals surface area (Å²) in [6.45, 7) is 0. The molecule has 0 aliphatic carbocycles. The number of hydrogen-bond acceptors (Lipinski definition) is 6. The van der Waals surface area contributed by atoms with E-state index in [1.165, 1.54) is 0 Å². The zero-order valence-corrected chi connectivity index (χ0v) is 49.1. The third-order valence-electron chi connectivity index (χ3n) is 16.9. The van der Waals surface area contributed by atoms with E-state index in [2.05, 4.69) is 371 Å². The van der Waals surface area contributed by atoms with Crippen molar-refractivity contribution < 1.29 is 8.83 Å². The molecular weight excluding hydrogens is 1100 g/mol. The van der Waals surface area contributed by atoms with Crippen LogP contribution in [0.25, 0.3) is 77.3 Å². The molecule has 6 nitrogen and oxygen atoms in total. The number of hydrogen-bond donors (Lipinski definition) is 0. The summed E-state index contributed by atoms with van der Waals surface area (Å²) in [6, 6.07) is 125. The second-order valence-corrected chi connectivity index (χ2v) is 22.6. The van der Waals surface area contributed by atoms with Gasteiger partial charge in [-0.2, -0.15) is 0 Å². The molecule has 0 aliphatic rings. The lowest BCUT2D eigenvalue weighted by molar-refractivity contribution is 0.668. The van der Waals surface area contributed by atoms with Crippen molar-refractivity contribution in [1.29, 1.82) is 0 Å². The Morgan fingerprint density at radius 3 is 0.511 bits per heavy atom. The molecule has 0 atom stereocenters. The maximum Gasteiger partial charge on any atom is 0.135 e. The Hall–Kier alpha value is -12.1. The monoisotopic (exact) mass is 1150 g/mol. The first-order chi connectivity index (χ1) is 44.6. The van der Waals surface area contributed by atoms with Crippen LogP contribution < -0.4 is 19.6 Å². The van der Waals surface area contributed by atoms with Gasteiger partial charge in [-0.25, -0.2) is 0 Å². The van der Waals surface area contributed by atoms with Crippen molar-refractivity contribution in [2.45, 2.75) is 0 Å². The summed E-state index contributed by atoms with van der Waals surface area (Å²) < 4.78 is 13.3. The van der Waals surface area contributed by atoms with Crippen molar-refractivity contribution in [3.05, 3.63) is 352 Å². The fourth-order valence-corrected chi connectivity index (χ4v) is 12.7. The van der Waals surface area contributed by atoms with E-state index in [-0.39, 0.29) is 0 Å². The summed E-state index contributed by atoms with van der Waals surface area (Å²) in [6.07, 6.45) is 0. The fraction of sp³-hybridized carbons (Fsp3) is 0. The predicted molar refractivity (Wildman–Crippen MR) is 376 cm³/mol. The second-order valence-electron chi connectivity index (χ2n) is 22.6. The molecule has 6 heteroatoms. The number of rotatable bonds is 15.